The third-order valence-electron chi connectivity index (χ3n) is 4.24. The quantitative estimate of drug-likeness (QED) is 0.920. The maximum Gasteiger partial charge on any atom is 0.253 e. The van der Waals surface area contributed by atoms with Crippen molar-refractivity contribution >= 4 is 11.8 Å². The zero-order valence-electron chi connectivity index (χ0n) is 13.7. The van der Waals surface area contributed by atoms with Gasteiger partial charge in [-0.2, -0.15) is 5.10 Å². The number of hydrogen-bond donors (Lipinski definition) is 1. The van der Waals surface area contributed by atoms with Crippen molar-refractivity contribution < 1.29 is 9.59 Å². The molecule has 126 valence electrons. The summed E-state index contributed by atoms with van der Waals surface area (Å²) in [5, 5.41) is 6.93. The average Bonchev–Trinajstić information content (AvgIpc) is 3.14. The Morgan fingerprint density at radius 2 is 2.08 bits per heavy atom. The standard InChI is InChI=1S/C17H21N5O2/c1-13(23)19-9-14-4-6-15(7-5-14)17(24)21-8-2-3-16(10-21)22-12-18-11-20-22/h4-7,11-12,16H,2-3,8-10H2,1H3,(H,19,23). The molecule has 1 fully saturated rings. The molecular weight excluding hydrogens is 306 g/mol. The molecule has 1 aliphatic heterocycles. The van der Waals surface area contributed by atoms with E-state index in [0.29, 0.717) is 18.7 Å². The molecule has 1 aliphatic rings. The molecule has 2 aromatic rings. The Morgan fingerprint density at radius 3 is 2.75 bits per heavy atom. The highest BCUT2D eigenvalue weighted by Crippen LogP contribution is 2.22. The second-order valence-electron chi connectivity index (χ2n) is 6.03. The van der Waals surface area contributed by atoms with Crippen LogP contribution < -0.4 is 5.32 Å². The Bertz CT molecular complexity index is 696. The summed E-state index contributed by atoms with van der Waals surface area (Å²) in [4.78, 5) is 29.5. The SMILES string of the molecule is CC(=O)NCc1ccc(C(=O)N2CCCC(n3cncn3)C2)cc1. The van der Waals surface area contributed by atoms with Crippen molar-refractivity contribution in [3.8, 4) is 0 Å². The predicted molar refractivity (Wildman–Crippen MR) is 88.2 cm³/mol. The van der Waals surface area contributed by atoms with Gasteiger partial charge in [-0.25, -0.2) is 9.67 Å². The fourth-order valence-corrected chi connectivity index (χ4v) is 2.94. The molecular formula is C17H21N5O2. The van der Waals surface area contributed by atoms with Gasteiger partial charge in [-0.05, 0) is 30.5 Å². The second kappa shape index (κ2) is 7.25. The summed E-state index contributed by atoms with van der Waals surface area (Å²) in [5.41, 5.74) is 1.64. The van der Waals surface area contributed by atoms with Crippen molar-refractivity contribution in [3.63, 3.8) is 0 Å². The van der Waals surface area contributed by atoms with E-state index in [-0.39, 0.29) is 17.9 Å². The van der Waals surface area contributed by atoms with Gasteiger partial charge >= 0.3 is 0 Å². The summed E-state index contributed by atoms with van der Waals surface area (Å²) in [5.74, 6) is -0.0338. The van der Waals surface area contributed by atoms with E-state index in [1.807, 2.05) is 33.8 Å². The largest absolute Gasteiger partial charge is 0.352 e. The lowest BCUT2D eigenvalue weighted by atomic mass is 10.0. The summed E-state index contributed by atoms with van der Waals surface area (Å²) in [7, 11) is 0. The maximum absolute atomic E-state index is 12.7. The molecule has 7 heteroatoms. The number of nitrogens with one attached hydrogen (secondary N) is 1. The minimum atomic E-state index is -0.0670. The van der Waals surface area contributed by atoms with E-state index in [0.717, 1.165) is 24.9 Å². The van der Waals surface area contributed by atoms with E-state index < -0.39 is 0 Å². The molecule has 2 heterocycles. The first-order valence-electron chi connectivity index (χ1n) is 8.10. The van der Waals surface area contributed by atoms with Crippen LogP contribution in [0.4, 0.5) is 0 Å². The van der Waals surface area contributed by atoms with Gasteiger partial charge in [-0.15, -0.1) is 0 Å². The first kappa shape index (κ1) is 16.2. The van der Waals surface area contributed by atoms with E-state index in [2.05, 4.69) is 15.4 Å². The van der Waals surface area contributed by atoms with Crippen molar-refractivity contribution in [2.75, 3.05) is 13.1 Å². The number of nitrogens with zero attached hydrogens (tertiary/aromatic N) is 4. The predicted octanol–water partition coefficient (Wildman–Crippen LogP) is 1.39. The van der Waals surface area contributed by atoms with E-state index in [1.54, 1.807) is 6.33 Å². The summed E-state index contributed by atoms with van der Waals surface area (Å²) in [6.07, 6.45) is 5.18. The second-order valence-corrected chi connectivity index (χ2v) is 6.03. The Morgan fingerprint density at radius 1 is 1.29 bits per heavy atom. The highest BCUT2D eigenvalue weighted by molar-refractivity contribution is 5.94. The smallest absolute Gasteiger partial charge is 0.253 e. The van der Waals surface area contributed by atoms with Gasteiger partial charge < -0.3 is 10.2 Å². The number of amides is 2. The Kier molecular flexibility index (Phi) is 4.88. The zero-order chi connectivity index (χ0) is 16.9. The van der Waals surface area contributed by atoms with Gasteiger partial charge in [0.25, 0.3) is 5.91 Å². The van der Waals surface area contributed by atoms with Crippen molar-refractivity contribution in [3.05, 3.63) is 48.0 Å². The number of piperidine rings is 1. The Balaban J connectivity index is 1.64. The molecule has 1 N–H and O–H groups in total. The van der Waals surface area contributed by atoms with Gasteiger partial charge in [0.05, 0.1) is 6.04 Å². The molecule has 3 rings (SSSR count). The Hall–Kier alpha value is -2.70. The first-order valence-corrected chi connectivity index (χ1v) is 8.10. The summed E-state index contributed by atoms with van der Waals surface area (Å²) in [6.45, 7) is 3.37. The van der Waals surface area contributed by atoms with E-state index in [1.165, 1.54) is 13.3 Å². The lowest BCUT2D eigenvalue weighted by molar-refractivity contribution is -0.119. The van der Waals surface area contributed by atoms with Gasteiger partial charge in [-0.3, -0.25) is 9.59 Å². The number of carbonyl (C=O) groups is 2. The van der Waals surface area contributed by atoms with E-state index in [4.69, 9.17) is 0 Å². The molecule has 2 amide bonds. The van der Waals surface area contributed by atoms with Crippen LogP contribution in [0.2, 0.25) is 0 Å². The van der Waals surface area contributed by atoms with Gasteiger partial charge in [0.2, 0.25) is 5.91 Å². The van der Waals surface area contributed by atoms with Crippen LogP contribution in [0.5, 0.6) is 0 Å². The van der Waals surface area contributed by atoms with Gasteiger partial charge in [-0.1, -0.05) is 12.1 Å². The van der Waals surface area contributed by atoms with Crippen molar-refractivity contribution in [2.45, 2.75) is 32.4 Å². The number of likely N-dealkylation sites (tertiary alicyclic amines) is 1. The fourth-order valence-electron chi connectivity index (χ4n) is 2.94. The van der Waals surface area contributed by atoms with Gasteiger partial charge in [0, 0.05) is 32.1 Å². The van der Waals surface area contributed by atoms with Crippen molar-refractivity contribution in [1.29, 1.82) is 0 Å². The number of rotatable bonds is 4. The highest BCUT2D eigenvalue weighted by Gasteiger charge is 2.25. The third kappa shape index (κ3) is 3.79. The van der Waals surface area contributed by atoms with Crippen LogP contribution in [0.3, 0.4) is 0 Å². The first-order chi connectivity index (χ1) is 11.6. The molecule has 1 saturated heterocycles. The molecule has 1 atom stereocenters. The molecule has 0 aliphatic carbocycles. The summed E-state index contributed by atoms with van der Waals surface area (Å²) in [6, 6.07) is 7.57. The van der Waals surface area contributed by atoms with Crippen LogP contribution >= 0.6 is 0 Å². The topological polar surface area (TPSA) is 80.1 Å². The normalized spacial score (nSPS) is 17.5. The number of aromatic nitrogens is 3. The Labute approximate surface area is 140 Å². The van der Waals surface area contributed by atoms with Crippen LogP contribution in [0.1, 0.15) is 41.7 Å². The van der Waals surface area contributed by atoms with Crippen molar-refractivity contribution in [2.24, 2.45) is 0 Å². The van der Waals surface area contributed by atoms with E-state index >= 15 is 0 Å². The molecule has 7 nitrogen and oxygen atoms in total. The third-order valence-corrected chi connectivity index (χ3v) is 4.24. The zero-order valence-corrected chi connectivity index (χ0v) is 13.7. The lowest BCUT2D eigenvalue weighted by Gasteiger charge is -2.32. The van der Waals surface area contributed by atoms with Crippen molar-refractivity contribution in [1.82, 2.24) is 25.0 Å². The number of carbonyl (C=O) groups excluding carboxylic acids is 2. The maximum atomic E-state index is 12.7. The minimum Gasteiger partial charge on any atom is -0.352 e. The van der Waals surface area contributed by atoms with Crippen LogP contribution in [-0.2, 0) is 11.3 Å². The number of hydrogen-bond acceptors (Lipinski definition) is 4. The monoisotopic (exact) mass is 327 g/mol. The number of benzene rings is 1. The van der Waals surface area contributed by atoms with E-state index in [9.17, 15) is 9.59 Å². The molecule has 24 heavy (non-hydrogen) atoms. The summed E-state index contributed by atoms with van der Waals surface area (Å²) >= 11 is 0. The highest BCUT2D eigenvalue weighted by atomic mass is 16.2. The molecule has 1 unspecified atom stereocenters. The van der Waals surface area contributed by atoms with Crippen LogP contribution in [0, 0.1) is 0 Å². The van der Waals surface area contributed by atoms with Crippen LogP contribution in [0.15, 0.2) is 36.9 Å². The fraction of sp³-hybridized carbons (Fsp3) is 0.412. The molecule has 1 aromatic carbocycles. The lowest BCUT2D eigenvalue weighted by Crippen LogP contribution is -2.40. The molecule has 0 spiro atoms. The van der Waals surface area contributed by atoms with Crippen LogP contribution in [-0.4, -0.2) is 44.6 Å². The molecule has 1 aromatic heterocycles. The van der Waals surface area contributed by atoms with Gasteiger partial charge in [0.15, 0.2) is 0 Å². The minimum absolute atomic E-state index is 0.0332. The average molecular weight is 327 g/mol. The molecule has 0 radical (unpaired) electrons. The molecule has 0 saturated carbocycles. The summed E-state index contributed by atoms with van der Waals surface area (Å²) < 4.78 is 1.83. The molecule has 0 bridgehead atoms. The van der Waals surface area contributed by atoms with Gasteiger partial charge in [0.1, 0.15) is 12.7 Å². The van der Waals surface area contributed by atoms with Crippen LogP contribution in [0.25, 0.3) is 0 Å².